The van der Waals surface area contributed by atoms with E-state index in [-0.39, 0.29) is 12.6 Å². The summed E-state index contributed by atoms with van der Waals surface area (Å²) in [5.74, 6) is 0. The molecule has 1 atom stereocenters. The molecule has 4 heteroatoms. The minimum Gasteiger partial charge on any atom is -0.325 e. The Morgan fingerprint density at radius 3 is 3.08 bits per heavy atom. The molecule has 0 spiro atoms. The highest BCUT2D eigenvalue weighted by Crippen LogP contribution is 2.15. The van der Waals surface area contributed by atoms with E-state index in [4.69, 9.17) is 5.26 Å². The van der Waals surface area contributed by atoms with Crippen LogP contribution in [0.2, 0.25) is 0 Å². The highest BCUT2D eigenvalue weighted by Gasteiger charge is 2.22. The summed E-state index contributed by atoms with van der Waals surface area (Å²) < 4.78 is 0. The highest BCUT2D eigenvalue weighted by molar-refractivity contribution is 5.74. The van der Waals surface area contributed by atoms with Gasteiger partial charge in [0, 0.05) is 12.6 Å². The number of nitrogens with zero attached hydrogens (tertiary/aromatic N) is 2. The van der Waals surface area contributed by atoms with Gasteiger partial charge in [-0.1, -0.05) is 0 Å². The van der Waals surface area contributed by atoms with Gasteiger partial charge in [0.15, 0.2) is 0 Å². The molecule has 1 rings (SSSR count). The van der Waals surface area contributed by atoms with Gasteiger partial charge in [0.05, 0.1) is 6.07 Å². The van der Waals surface area contributed by atoms with E-state index in [9.17, 15) is 4.79 Å². The van der Waals surface area contributed by atoms with E-state index in [1.807, 2.05) is 13.0 Å². The van der Waals surface area contributed by atoms with Crippen LogP contribution in [0.25, 0.3) is 0 Å². The third-order valence-corrected chi connectivity index (χ3v) is 2.38. The van der Waals surface area contributed by atoms with Crippen LogP contribution in [0.1, 0.15) is 26.2 Å². The van der Waals surface area contributed by atoms with E-state index < -0.39 is 0 Å². The molecule has 13 heavy (non-hydrogen) atoms. The monoisotopic (exact) mass is 181 g/mol. The number of hydrogen-bond donors (Lipinski definition) is 1. The lowest BCUT2D eigenvalue weighted by Crippen LogP contribution is -2.47. The zero-order chi connectivity index (χ0) is 9.68. The average molecular weight is 181 g/mol. The summed E-state index contributed by atoms with van der Waals surface area (Å²) in [6.45, 7) is 2.96. The van der Waals surface area contributed by atoms with Crippen LogP contribution in [0, 0.1) is 11.3 Å². The Morgan fingerprint density at radius 2 is 2.46 bits per heavy atom. The van der Waals surface area contributed by atoms with Crippen LogP contribution in [-0.4, -0.2) is 30.1 Å². The number of hydrogen-bond acceptors (Lipinski definition) is 2. The Hall–Kier alpha value is -1.24. The smallest absolute Gasteiger partial charge is 0.318 e. The van der Waals surface area contributed by atoms with Gasteiger partial charge in [-0.05, 0) is 26.2 Å². The summed E-state index contributed by atoms with van der Waals surface area (Å²) >= 11 is 0. The number of carbonyl (C=O) groups is 1. The molecule has 0 bridgehead atoms. The zero-order valence-corrected chi connectivity index (χ0v) is 7.92. The number of piperidine rings is 1. The fraction of sp³-hybridized carbons (Fsp3) is 0.778. The Kier molecular flexibility index (Phi) is 3.56. The van der Waals surface area contributed by atoms with Crippen molar-refractivity contribution in [2.45, 2.75) is 32.2 Å². The molecule has 2 amide bonds. The van der Waals surface area contributed by atoms with Crippen molar-refractivity contribution in [1.29, 1.82) is 5.26 Å². The number of carbonyl (C=O) groups excluding carboxylic acids is 1. The fourth-order valence-corrected chi connectivity index (χ4v) is 1.62. The Morgan fingerprint density at radius 1 is 1.69 bits per heavy atom. The number of nitrogens with one attached hydrogen (secondary N) is 1. The van der Waals surface area contributed by atoms with Crippen molar-refractivity contribution >= 4 is 6.03 Å². The van der Waals surface area contributed by atoms with Crippen molar-refractivity contribution < 1.29 is 4.79 Å². The van der Waals surface area contributed by atoms with Crippen molar-refractivity contribution in [1.82, 2.24) is 10.2 Å². The lowest BCUT2D eigenvalue weighted by Gasteiger charge is -2.33. The Balaban J connectivity index is 2.40. The maximum absolute atomic E-state index is 11.4. The molecular weight excluding hydrogens is 166 g/mol. The molecule has 1 heterocycles. The van der Waals surface area contributed by atoms with Crippen LogP contribution >= 0.6 is 0 Å². The van der Waals surface area contributed by atoms with Crippen LogP contribution in [0.5, 0.6) is 0 Å². The molecule has 1 N–H and O–H groups in total. The maximum atomic E-state index is 11.4. The average Bonchev–Trinajstić information content (AvgIpc) is 2.15. The van der Waals surface area contributed by atoms with Crippen molar-refractivity contribution in [3.8, 4) is 6.07 Å². The fourth-order valence-electron chi connectivity index (χ4n) is 1.62. The van der Waals surface area contributed by atoms with Crippen LogP contribution < -0.4 is 5.32 Å². The third-order valence-electron chi connectivity index (χ3n) is 2.38. The van der Waals surface area contributed by atoms with Crippen LogP contribution in [0.4, 0.5) is 4.79 Å². The summed E-state index contributed by atoms with van der Waals surface area (Å²) in [7, 11) is 0. The number of urea groups is 1. The van der Waals surface area contributed by atoms with E-state index in [1.165, 1.54) is 6.42 Å². The van der Waals surface area contributed by atoms with Crippen LogP contribution in [0.3, 0.4) is 0 Å². The SMILES string of the molecule is CC1CCCCN1C(=O)NCC#N. The largest absolute Gasteiger partial charge is 0.325 e. The molecule has 1 fully saturated rings. The first-order valence-corrected chi connectivity index (χ1v) is 4.67. The lowest BCUT2D eigenvalue weighted by molar-refractivity contribution is 0.159. The normalized spacial score (nSPS) is 22.2. The molecule has 0 radical (unpaired) electrons. The molecule has 1 aliphatic heterocycles. The van der Waals surface area contributed by atoms with E-state index in [0.717, 1.165) is 19.4 Å². The molecule has 1 aliphatic rings. The predicted molar refractivity (Wildman–Crippen MR) is 49.0 cm³/mol. The van der Waals surface area contributed by atoms with Gasteiger partial charge in [-0.15, -0.1) is 0 Å². The first-order chi connectivity index (χ1) is 6.25. The molecule has 1 saturated heterocycles. The minimum atomic E-state index is -0.103. The topological polar surface area (TPSA) is 56.1 Å². The van der Waals surface area contributed by atoms with Gasteiger partial charge in [-0.25, -0.2) is 4.79 Å². The number of amides is 2. The molecule has 4 nitrogen and oxygen atoms in total. The van der Waals surface area contributed by atoms with Gasteiger partial charge < -0.3 is 10.2 Å². The molecule has 0 aromatic heterocycles. The van der Waals surface area contributed by atoms with Crippen LogP contribution in [0.15, 0.2) is 0 Å². The molecule has 0 saturated carbocycles. The maximum Gasteiger partial charge on any atom is 0.318 e. The molecule has 0 aromatic carbocycles. The van der Waals surface area contributed by atoms with Gasteiger partial charge in [0.25, 0.3) is 0 Å². The molecule has 72 valence electrons. The second-order valence-electron chi connectivity index (χ2n) is 3.36. The quantitative estimate of drug-likeness (QED) is 0.616. The standard InChI is InChI=1S/C9H15N3O/c1-8-4-2-3-7-12(8)9(13)11-6-5-10/h8H,2-4,6-7H2,1H3,(H,11,13). The molecule has 1 unspecified atom stereocenters. The summed E-state index contributed by atoms with van der Waals surface area (Å²) in [6, 6.07) is 2.10. The Bertz CT molecular complexity index is 221. The second kappa shape index (κ2) is 4.70. The number of nitriles is 1. The lowest BCUT2D eigenvalue weighted by atomic mass is 10.0. The van der Waals surface area contributed by atoms with Crippen LogP contribution in [-0.2, 0) is 0 Å². The highest BCUT2D eigenvalue weighted by atomic mass is 16.2. The van der Waals surface area contributed by atoms with Crippen molar-refractivity contribution in [3.05, 3.63) is 0 Å². The van der Waals surface area contributed by atoms with Crippen molar-refractivity contribution in [2.24, 2.45) is 0 Å². The number of likely N-dealkylation sites (tertiary alicyclic amines) is 1. The molecule has 0 aromatic rings. The third kappa shape index (κ3) is 2.62. The van der Waals surface area contributed by atoms with Crippen molar-refractivity contribution in [3.63, 3.8) is 0 Å². The van der Waals surface area contributed by atoms with E-state index in [2.05, 4.69) is 5.32 Å². The van der Waals surface area contributed by atoms with E-state index in [1.54, 1.807) is 4.90 Å². The Labute approximate surface area is 78.5 Å². The van der Waals surface area contributed by atoms with E-state index >= 15 is 0 Å². The predicted octanol–water partition coefficient (Wildman–Crippen LogP) is 1.09. The van der Waals surface area contributed by atoms with E-state index in [0.29, 0.717) is 6.04 Å². The second-order valence-corrected chi connectivity index (χ2v) is 3.36. The van der Waals surface area contributed by atoms with Gasteiger partial charge in [0.1, 0.15) is 6.54 Å². The molecule has 0 aliphatic carbocycles. The summed E-state index contributed by atoms with van der Waals surface area (Å²) in [4.78, 5) is 13.2. The summed E-state index contributed by atoms with van der Waals surface area (Å²) in [6.07, 6.45) is 3.34. The van der Waals surface area contributed by atoms with Gasteiger partial charge >= 0.3 is 6.03 Å². The first-order valence-electron chi connectivity index (χ1n) is 4.67. The van der Waals surface area contributed by atoms with Crippen molar-refractivity contribution in [2.75, 3.05) is 13.1 Å². The zero-order valence-electron chi connectivity index (χ0n) is 7.92. The summed E-state index contributed by atoms with van der Waals surface area (Å²) in [5.41, 5.74) is 0. The van der Waals surface area contributed by atoms with Gasteiger partial charge in [-0.2, -0.15) is 5.26 Å². The minimum absolute atomic E-state index is 0.0993. The summed E-state index contributed by atoms with van der Waals surface area (Å²) in [5, 5.41) is 10.9. The number of rotatable bonds is 1. The van der Waals surface area contributed by atoms with Gasteiger partial charge in [-0.3, -0.25) is 0 Å². The molecular formula is C9H15N3O. The van der Waals surface area contributed by atoms with Gasteiger partial charge in [0.2, 0.25) is 0 Å². The first kappa shape index (κ1) is 9.85.